The summed E-state index contributed by atoms with van der Waals surface area (Å²) >= 11 is 0. The summed E-state index contributed by atoms with van der Waals surface area (Å²) in [7, 11) is 0. The van der Waals surface area contributed by atoms with E-state index in [4.69, 9.17) is 5.26 Å². The first kappa shape index (κ1) is 23.3. The van der Waals surface area contributed by atoms with Crippen molar-refractivity contribution in [1.82, 2.24) is 4.90 Å². The summed E-state index contributed by atoms with van der Waals surface area (Å²) in [5.74, 6) is -1.80. The van der Waals surface area contributed by atoms with Crippen LogP contribution in [0.3, 0.4) is 0 Å². The van der Waals surface area contributed by atoms with Crippen molar-refractivity contribution < 1.29 is 27.2 Å². The highest BCUT2D eigenvalue weighted by molar-refractivity contribution is 6.04. The first-order valence-corrected chi connectivity index (χ1v) is 10.1. The molecule has 0 bridgehead atoms. The SMILES string of the molecule is C1CCC1.N#Cc1ccc(N2CC(=O)N(Cc3ccc(C(F)(F)F)cc3)CC2=O)c(F)c1. The predicted molar refractivity (Wildman–Crippen MR) is 109 cm³/mol. The van der Waals surface area contributed by atoms with Crippen molar-refractivity contribution in [3.63, 3.8) is 0 Å². The highest BCUT2D eigenvalue weighted by Crippen LogP contribution is 2.29. The summed E-state index contributed by atoms with van der Waals surface area (Å²) in [4.78, 5) is 26.9. The van der Waals surface area contributed by atoms with Crippen LogP contribution in [0.4, 0.5) is 23.2 Å². The van der Waals surface area contributed by atoms with Crippen molar-refractivity contribution in [2.45, 2.75) is 38.4 Å². The molecular weight excluding hydrogens is 426 g/mol. The zero-order valence-electron chi connectivity index (χ0n) is 17.2. The van der Waals surface area contributed by atoms with Crippen LogP contribution < -0.4 is 4.90 Å². The van der Waals surface area contributed by atoms with E-state index in [-0.39, 0.29) is 24.3 Å². The number of anilines is 1. The number of piperazine rings is 1. The van der Waals surface area contributed by atoms with Crippen LogP contribution in [0, 0.1) is 17.1 Å². The molecule has 1 aliphatic heterocycles. The standard InChI is InChI=1S/C19H13F4N3O2.C4H8/c20-15-7-13(8-24)3-6-16(15)26-11-17(27)25(10-18(26)28)9-12-1-4-14(5-2-12)19(21,22)23;1-2-4-3-1/h1-7H,9-11H2;1-4H2. The molecule has 5 nitrogen and oxygen atoms in total. The van der Waals surface area contributed by atoms with Crippen molar-refractivity contribution >= 4 is 17.5 Å². The highest BCUT2D eigenvalue weighted by atomic mass is 19.4. The molecule has 0 radical (unpaired) electrons. The Labute approximate surface area is 182 Å². The number of carbonyl (C=O) groups excluding carboxylic acids is 2. The topological polar surface area (TPSA) is 64.4 Å². The van der Waals surface area contributed by atoms with E-state index in [1.54, 1.807) is 6.07 Å². The number of hydrogen-bond acceptors (Lipinski definition) is 3. The maximum absolute atomic E-state index is 14.1. The zero-order chi connectivity index (χ0) is 23.3. The number of rotatable bonds is 3. The van der Waals surface area contributed by atoms with E-state index in [1.165, 1.54) is 54.8 Å². The zero-order valence-corrected chi connectivity index (χ0v) is 17.2. The number of nitrogens with zero attached hydrogens (tertiary/aromatic N) is 3. The van der Waals surface area contributed by atoms with Gasteiger partial charge in [-0.3, -0.25) is 14.5 Å². The number of nitriles is 1. The van der Waals surface area contributed by atoms with Gasteiger partial charge >= 0.3 is 6.18 Å². The van der Waals surface area contributed by atoms with Gasteiger partial charge in [-0.2, -0.15) is 18.4 Å². The van der Waals surface area contributed by atoms with Crippen molar-refractivity contribution in [2.75, 3.05) is 18.0 Å². The fraction of sp³-hybridized carbons (Fsp3) is 0.348. The molecular formula is C23H21F4N3O2. The molecule has 2 aliphatic rings. The van der Waals surface area contributed by atoms with Gasteiger partial charge in [-0.05, 0) is 35.9 Å². The smallest absolute Gasteiger partial charge is 0.327 e. The lowest BCUT2D eigenvalue weighted by molar-refractivity contribution is -0.139. The average Bonchev–Trinajstić information content (AvgIpc) is 2.69. The third-order valence-corrected chi connectivity index (χ3v) is 5.30. The monoisotopic (exact) mass is 447 g/mol. The molecule has 2 fully saturated rings. The molecule has 1 saturated heterocycles. The first-order valence-electron chi connectivity index (χ1n) is 10.1. The number of amides is 2. The van der Waals surface area contributed by atoms with Crippen molar-refractivity contribution in [1.29, 1.82) is 5.26 Å². The summed E-state index contributed by atoms with van der Waals surface area (Å²) in [5.41, 5.74) is -0.389. The second kappa shape index (κ2) is 9.81. The lowest BCUT2D eigenvalue weighted by atomic mass is 10.0. The Kier molecular flexibility index (Phi) is 7.13. The molecule has 168 valence electrons. The molecule has 0 unspecified atom stereocenters. The number of alkyl halides is 3. The summed E-state index contributed by atoms with van der Waals surface area (Å²) in [6, 6.07) is 9.64. The first-order chi connectivity index (χ1) is 15.2. The normalized spacial score (nSPS) is 16.1. The average molecular weight is 447 g/mol. The predicted octanol–water partition coefficient (Wildman–Crippen LogP) is 4.65. The van der Waals surface area contributed by atoms with E-state index in [0.717, 1.165) is 23.1 Å². The maximum Gasteiger partial charge on any atom is 0.416 e. The minimum Gasteiger partial charge on any atom is -0.327 e. The van der Waals surface area contributed by atoms with Crippen LogP contribution in [-0.4, -0.2) is 29.8 Å². The van der Waals surface area contributed by atoms with E-state index in [1.807, 2.05) is 0 Å². The van der Waals surface area contributed by atoms with Gasteiger partial charge < -0.3 is 4.90 Å². The maximum atomic E-state index is 14.1. The van der Waals surface area contributed by atoms with Crippen LogP contribution in [-0.2, 0) is 22.3 Å². The van der Waals surface area contributed by atoms with E-state index in [0.29, 0.717) is 5.56 Å². The summed E-state index contributed by atoms with van der Waals surface area (Å²) in [6.07, 6.45) is 1.54. The van der Waals surface area contributed by atoms with Crippen LogP contribution in [0.15, 0.2) is 42.5 Å². The number of hydrogen-bond donors (Lipinski definition) is 0. The lowest BCUT2D eigenvalue weighted by Gasteiger charge is -2.34. The molecule has 32 heavy (non-hydrogen) atoms. The quantitative estimate of drug-likeness (QED) is 0.644. The molecule has 0 spiro atoms. The molecule has 2 amide bonds. The minimum atomic E-state index is -4.46. The van der Waals surface area contributed by atoms with Crippen LogP contribution >= 0.6 is 0 Å². The number of carbonyl (C=O) groups is 2. The van der Waals surface area contributed by atoms with Gasteiger partial charge in [0.2, 0.25) is 11.8 Å². The second-order valence-corrected chi connectivity index (χ2v) is 7.62. The molecule has 1 aliphatic carbocycles. The van der Waals surface area contributed by atoms with Crippen LogP contribution in [0.1, 0.15) is 42.4 Å². The third kappa shape index (κ3) is 5.63. The highest BCUT2D eigenvalue weighted by Gasteiger charge is 2.33. The Morgan fingerprint density at radius 1 is 0.906 bits per heavy atom. The van der Waals surface area contributed by atoms with E-state index < -0.39 is 35.9 Å². The van der Waals surface area contributed by atoms with Gasteiger partial charge in [-0.25, -0.2) is 4.39 Å². The van der Waals surface area contributed by atoms with Gasteiger partial charge in [0.05, 0.1) is 22.9 Å². The molecule has 4 rings (SSSR count). The van der Waals surface area contributed by atoms with Crippen LogP contribution in [0.2, 0.25) is 0 Å². The molecule has 0 N–H and O–H groups in total. The summed E-state index contributed by atoms with van der Waals surface area (Å²) in [5, 5.41) is 8.77. The van der Waals surface area contributed by atoms with E-state index in [2.05, 4.69) is 0 Å². The summed E-state index contributed by atoms with van der Waals surface area (Å²) < 4.78 is 52.0. The lowest BCUT2D eigenvalue weighted by Crippen LogP contribution is -2.53. The summed E-state index contributed by atoms with van der Waals surface area (Å²) in [6.45, 7) is -0.770. The molecule has 2 aromatic rings. The molecule has 1 saturated carbocycles. The van der Waals surface area contributed by atoms with Gasteiger partial charge in [0.25, 0.3) is 0 Å². The Morgan fingerprint density at radius 3 is 2.03 bits per heavy atom. The fourth-order valence-corrected chi connectivity index (χ4v) is 3.09. The minimum absolute atomic E-state index is 0.0353. The Bertz CT molecular complexity index is 1020. The van der Waals surface area contributed by atoms with Crippen molar-refractivity contribution in [3.8, 4) is 6.07 Å². The van der Waals surface area contributed by atoms with E-state index in [9.17, 15) is 27.2 Å². The third-order valence-electron chi connectivity index (χ3n) is 5.30. The van der Waals surface area contributed by atoms with Gasteiger partial charge in [0, 0.05) is 6.54 Å². The van der Waals surface area contributed by atoms with Gasteiger partial charge in [-0.15, -0.1) is 0 Å². The van der Waals surface area contributed by atoms with Gasteiger partial charge in [0.1, 0.15) is 18.9 Å². The van der Waals surface area contributed by atoms with Crippen molar-refractivity contribution in [2.24, 2.45) is 0 Å². The number of halogens is 4. The Hall–Kier alpha value is -3.41. The van der Waals surface area contributed by atoms with Gasteiger partial charge in [-0.1, -0.05) is 37.8 Å². The Balaban J connectivity index is 0.000000650. The van der Waals surface area contributed by atoms with Crippen LogP contribution in [0.25, 0.3) is 0 Å². The largest absolute Gasteiger partial charge is 0.416 e. The van der Waals surface area contributed by atoms with Gasteiger partial charge in [0.15, 0.2) is 0 Å². The molecule has 1 heterocycles. The molecule has 9 heteroatoms. The molecule has 0 aromatic heterocycles. The molecule has 2 aromatic carbocycles. The van der Waals surface area contributed by atoms with E-state index >= 15 is 0 Å². The number of benzene rings is 2. The van der Waals surface area contributed by atoms with Crippen LogP contribution in [0.5, 0.6) is 0 Å². The Morgan fingerprint density at radius 2 is 1.53 bits per heavy atom. The molecule has 0 atom stereocenters. The second-order valence-electron chi connectivity index (χ2n) is 7.62. The van der Waals surface area contributed by atoms with Crippen molar-refractivity contribution in [3.05, 3.63) is 65.0 Å². The fourth-order valence-electron chi connectivity index (χ4n) is 3.09.